The molecule has 1 heterocycles. The van der Waals surface area contributed by atoms with Gasteiger partial charge >= 0.3 is 0 Å². The van der Waals surface area contributed by atoms with Crippen LogP contribution in [0.2, 0.25) is 0 Å². The van der Waals surface area contributed by atoms with Gasteiger partial charge in [-0.05, 0) is 18.6 Å². The topological polar surface area (TPSA) is 36.9 Å². The van der Waals surface area contributed by atoms with Gasteiger partial charge in [0.05, 0.1) is 6.61 Å². The second kappa shape index (κ2) is 8.95. The van der Waals surface area contributed by atoms with Crippen LogP contribution >= 0.6 is 11.8 Å². The standard InChI is InChI=1S/C16H25N3OS/c1-17-16(19(2)12-14-8-10-20-13-14)18-9-11-21-15-6-4-3-5-7-15/h3-7,14H,8-13H2,1-2H3,(H,17,18). The highest BCUT2D eigenvalue weighted by Crippen LogP contribution is 2.16. The van der Waals surface area contributed by atoms with Crippen molar-refractivity contribution in [2.45, 2.75) is 11.3 Å². The average molecular weight is 307 g/mol. The summed E-state index contributed by atoms with van der Waals surface area (Å²) >= 11 is 1.86. The summed E-state index contributed by atoms with van der Waals surface area (Å²) in [6.45, 7) is 3.70. The van der Waals surface area contributed by atoms with E-state index in [4.69, 9.17) is 4.74 Å². The minimum atomic E-state index is 0.632. The van der Waals surface area contributed by atoms with E-state index in [0.29, 0.717) is 5.92 Å². The molecule has 1 aromatic carbocycles. The van der Waals surface area contributed by atoms with Crippen LogP contribution < -0.4 is 5.32 Å². The first-order valence-corrected chi connectivity index (χ1v) is 8.45. The molecule has 21 heavy (non-hydrogen) atoms. The molecule has 1 N–H and O–H groups in total. The van der Waals surface area contributed by atoms with E-state index in [0.717, 1.165) is 44.4 Å². The highest BCUT2D eigenvalue weighted by atomic mass is 32.2. The molecule has 1 unspecified atom stereocenters. The van der Waals surface area contributed by atoms with E-state index in [9.17, 15) is 0 Å². The molecule has 0 saturated carbocycles. The summed E-state index contributed by atoms with van der Waals surface area (Å²) in [6.07, 6.45) is 1.16. The number of benzene rings is 1. The molecule has 1 aliphatic heterocycles. The summed E-state index contributed by atoms with van der Waals surface area (Å²) in [5, 5.41) is 3.43. The molecule has 1 atom stereocenters. The summed E-state index contributed by atoms with van der Waals surface area (Å²) in [6, 6.07) is 10.5. The van der Waals surface area contributed by atoms with E-state index < -0.39 is 0 Å². The minimum Gasteiger partial charge on any atom is -0.381 e. The van der Waals surface area contributed by atoms with Crippen LogP contribution in [0.5, 0.6) is 0 Å². The Kier molecular flexibility index (Phi) is 6.89. The van der Waals surface area contributed by atoms with Crippen molar-refractivity contribution in [1.29, 1.82) is 0 Å². The Labute approximate surface area is 132 Å². The molecule has 5 heteroatoms. The van der Waals surface area contributed by atoms with Gasteiger partial charge < -0.3 is 15.0 Å². The summed E-state index contributed by atoms with van der Waals surface area (Å²) in [5.41, 5.74) is 0. The molecule has 0 aromatic heterocycles. The van der Waals surface area contributed by atoms with Crippen molar-refractivity contribution in [2.24, 2.45) is 10.9 Å². The van der Waals surface area contributed by atoms with Gasteiger partial charge in [-0.3, -0.25) is 4.99 Å². The fourth-order valence-electron chi connectivity index (χ4n) is 2.43. The van der Waals surface area contributed by atoms with Gasteiger partial charge in [0.1, 0.15) is 0 Å². The van der Waals surface area contributed by atoms with E-state index in [1.165, 1.54) is 4.90 Å². The maximum absolute atomic E-state index is 5.43. The zero-order valence-corrected chi connectivity index (χ0v) is 13.7. The highest BCUT2D eigenvalue weighted by Gasteiger charge is 2.18. The van der Waals surface area contributed by atoms with E-state index in [-0.39, 0.29) is 0 Å². The smallest absolute Gasteiger partial charge is 0.193 e. The van der Waals surface area contributed by atoms with Gasteiger partial charge in [-0.2, -0.15) is 0 Å². The normalized spacial score (nSPS) is 18.8. The zero-order valence-electron chi connectivity index (χ0n) is 12.9. The Bertz CT molecular complexity index is 432. The summed E-state index contributed by atoms with van der Waals surface area (Å²) in [4.78, 5) is 7.87. The Balaban J connectivity index is 1.67. The number of thioether (sulfide) groups is 1. The molecular formula is C16H25N3OS. The van der Waals surface area contributed by atoms with Crippen LogP contribution in [0.15, 0.2) is 40.2 Å². The number of nitrogens with zero attached hydrogens (tertiary/aromatic N) is 2. The molecule has 1 aliphatic rings. The molecule has 2 rings (SSSR count). The summed E-state index contributed by atoms with van der Waals surface area (Å²) in [5.74, 6) is 2.63. The molecular weight excluding hydrogens is 282 g/mol. The average Bonchev–Trinajstić information content (AvgIpc) is 3.01. The molecule has 0 spiro atoms. The fraction of sp³-hybridized carbons (Fsp3) is 0.562. The largest absolute Gasteiger partial charge is 0.381 e. The van der Waals surface area contributed by atoms with Crippen LogP contribution in [0.1, 0.15) is 6.42 Å². The van der Waals surface area contributed by atoms with Gasteiger partial charge in [-0.15, -0.1) is 11.8 Å². The van der Waals surface area contributed by atoms with Crippen molar-refractivity contribution in [3.8, 4) is 0 Å². The van der Waals surface area contributed by atoms with Crippen molar-refractivity contribution in [3.05, 3.63) is 30.3 Å². The lowest BCUT2D eigenvalue weighted by Gasteiger charge is -2.24. The van der Waals surface area contributed by atoms with Crippen molar-refractivity contribution in [3.63, 3.8) is 0 Å². The summed E-state index contributed by atoms with van der Waals surface area (Å²) in [7, 11) is 3.94. The van der Waals surface area contributed by atoms with E-state index in [1.54, 1.807) is 0 Å². The Morgan fingerprint density at radius 3 is 2.90 bits per heavy atom. The molecule has 0 amide bonds. The number of guanidine groups is 1. The zero-order chi connectivity index (χ0) is 14.9. The monoisotopic (exact) mass is 307 g/mol. The Morgan fingerprint density at radius 2 is 2.24 bits per heavy atom. The van der Waals surface area contributed by atoms with Gasteiger partial charge in [0.15, 0.2) is 5.96 Å². The second-order valence-corrected chi connectivity index (χ2v) is 6.41. The van der Waals surface area contributed by atoms with Crippen molar-refractivity contribution >= 4 is 17.7 Å². The first-order valence-electron chi connectivity index (χ1n) is 7.47. The number of hydrogen-bond donors (Lipinski definition) is 1. The van der Waals surface area contributed by atoms with Crippen LogP contribution in [0, 0.1) is 5.92 Å². The number of nitrogens with one attached hydrogen (secondary N) is 1. The molecule has 0 bridgehead atoms. The second-order valence-electron chi connectivity index (χ2n) is 5.25. The quantitative estimate of drug-likeness (QED) is 0.379. The van der Waals surface area contributed by atoms with Crippen LogP contribution in [-0.4, -0.2) is 57.0 Å². The van der Waals surface area contributed by atoms with Crippen molar-refractivity contribution in [2.75, 3.05) is 46.2 Å². The van der Waals surface area contributed by atoms with Crippen LogP contribution in [0.25, 0.3) is 0 Å². The van der Waals surface area contributed by atoms with Crippen molar-refractivity contribution in [1.82, 2.24) is 10.2 Å². The van der Waals surface area contributed by atoms with Gasteiger partial charge in [-0.1, -0.05) is 18.2 Å². The van der Waals surface area contributed by atoms with Crippen LogP contribution in [0.4, 0.5) is 0 Å². The lowest BCUT2D eigenvalue weighted by molar-refractivity contribution is 0.181. The Morgan fingerprint density at radius 1 is 1.43 bits per heavy atom. The Hall–Kier alpha value is -1.20. The predicted molar refractivity (Wildman–Crippen MR) is 90.1 cm³/mol. The third-order valence-corrected chi connectivity index (χ3v) is 4.54. The molecule has 1 fully saturated rings. The molecule has 116 valence electrons. The van der Waals surface area contributed by atoms with Crippen LogP contribution in [0.3, 0.4) is 0 Å². The molecule has 1 aromatic rings. The molecule has 4 nitrogen and oxygen atoms in total. The third-order valence-electron chi connectivity index (χ3n) is 3.53. The van der Waals surface area contributed by atoms with Gasteiger partial charge in [0, 0.05) is 50.4 Å². The van der Waals surface area contributed by atoms with Crippen molar-refractivity contribution < 1.29 is 4.74 Å². The van der Waals surface area contributed by atoms with Gasteiger partial charge in [0.25, 0.3) is 0 Å². The van der Waals surface area contributed by atoms with Gasteiger partial charge in [-0.25, -0.2) is 0 Å². The number of aliphatic imine (C=N–C) groups is 1. The number of ether oxygens (including phenoxy) is 1. The molecule has 0 aliphatic carbocycles. The van der Waals surface area contributed by atoms with E-state index >= 15 is 0 Å². The highest BCUT2D eigenvalue weighted by molar-refractivity contribution is 7.99. The maximum Gasteiger partial charge on any atom is 0.193 e. The first-order chi connectivity index (χ1) is 10.3. The molecule has 1 saturated heterocycles. The lowest BCUT2D eigenvalue weighted by atomic mass is 10.1. The third kappa shape index (κ3) is 5.59. The van der Waals surface area contributed by atoms with Crippen LogP contribution in [-0.2, 0) is 4.74 Å². The number of rotatable bonds is 6. The van der Waals surface area contributed by atoms with E-state index in [2.05, 4.69) is 46.5 Å². The predicted octanol–water partition coefficient (Wildman–Crippen LogP) is 2.32. The fourth-order valence-corrected chi connectivity index (χ4v) is 3.22. The lowest BCUT2D eigenvalue weighted by Crippen LogP contribution is -2.42. The van der Waals surface area contributed by atoms with Gasteiger partial charge in [0.2, 0.25) is 0 Å². The maximum atomic E-state index is 5.43. The number of hydrogen-bond acceptors (Lipinski definition) is 3. The molecule has 0 radical (unpaired) electrons. The van der Waals surface area contributed by atoms with E-state index in [1.807, 2.05) is 24.9 Å². The first kappa shape index (κ1) is 16.2. The SMILES string of the molecule is CN=C(NCCSc1ccccc1)N(C)CC1CCOC1. The minimum absolute atomic E-state index is 0.632. The summed E-state index contributed by atoms with van der Waals surface area (Å²) < 4.78 is 5.43.